The first kappa shape index (κ1) is 16.0. The molecule has 0 aromatic rings. The van der Waals surface area contributed by atoms with Gasteiger partial charge in [0.05, 0.1) is 11.5 Å². The Kier molecular flexibility index (Phi) is 5.35. The molecule has 0 aromatic carbocycles. The minimum absolute atomic E-state index is 0.229. The van der Waals surface area contributed by atoms with Crippen LogP contribution in [-0.2, 0) is 9.59 Å². The van der Waals surface area contributed by atoms with Gasteiger partial charge in [0.1, 0.15) is 0 Å². The van der Waals surface area contributed by atoms with E-state index in [-0.39, 0.29) is 11.9 Å². The maximum atomic E-state index is 12.0. The van der Waals surface area contributed by atoms with Crippen molar-refractivity contribution >= 4 is 11.9 Å². The molecule has 0 spiro atoms. The molecular weight excluding hydrogens is 244 g/mol. The molecule has 4 N–H and O–H groups in total. The zero-order valence-electron chi connectivity index (χ0n) is 12.1. The molecule has 0 heterocycles. The predicted octanol–water partition coefficient (Wildman–Crippen LogP) is 1.51. The van der Waals surface area contributed by atoms with Crippen LogP contribution in [-0.4, -0.2) is 29.1 Å². The number of carboxylic acid groups (broad SMARTS) is 1. The highest BCUT2D eigenvalue weighted by atomic mass is 16.4. The number of rotatable bonds is 5. The molecule has 0 aromatic heterocycles. The highest BCUT2D eigenvalue weighted by Gasteiger charge is 2.44. The number of hydrogen-bond donors (Lipinski definition) is 3. The van der Waals surface area contributed by atoms with Crippen LogP contribution in [0.4, 0.5) is 0 Å². The molecule has 1 aliphatic rings. The Morgan fingerprint density at radius 2 is 2.05 bits per heavy atom. The molecule has 19 heavy (non-hydrogen) atoms. The fourth-order valence-electron chi connectivity index (χ4n) is 2.71. The van der Waals surface area contributed by atoms with E-state index in [1.54, 1.807) is 6.92 Å². The number of carboxylic acids is 1. The fourth-order valence-corrected chi connectivity index (χ4v) is 2.71. The molecule has 1 amide bonds. The fraction of sp³-hybridized carbons (Fsp3) is 0.857. The van der Waals surface area contributed by atoms with Crippen molar-refractivity contribution < 1.29 is 14.7 Å². The van der Waals surface area contributed by atoms with Crippen LogP contribution in [0.3, 0.4) is 0 Å². The zero-order chi connectivity index (χ0) is 14.6. The lowest BCUT2D eigenvalue weighted by atomic mass is 9.71. The van der Waals surface area contributed by atoms with Crippen LogP contribution >= 0.6 is 0 Å². The third-order valence-corrected chi connectivity index (χ3v) is 4.08. The van der Waals surface area contributed by atoms with Crippen molar-refractivity contribution in [2.24, 2.45) is 17.1 Å². The summed E-state index contributed by atoms with van der Waals surface area (Å²) in [7, 11) is 0. The average Bonchev–Trinajstić information content (AvgIpc) is 2.31. The van der Waals surface area contributed by atoms with Crippen LogP contribution < -0.4 is 11.1 Å². The second kappa shape index (κ2) is 6.37. The highest BCUT2D eigenvalue weighted by molar-refractivity contribution is 5.83. The monoisotopic (exact) mass is 270 g/mol. The van der Waals surface area contributed by atoms with Gasteiger partial charge in [-0.2, -0.15) is 0 Å². The Bertz CT molecular complexity index is 344. The van der Waals surface area contributed by atoms with Crippen molar-refractivity contribution in [2.75, 3.05) is 0 Å². The van der Waals surface area contributed by atoms with Crippen LogP contribution in [0.2, 0.25) is 0 Å². The van der Waals surface area contributed by atoms with Gasteiger partial charge in [0, 0.05) is 6.04 Å². The Balaban J connectivity index is 2.68. The molecule has 0 bridgehead atoms. The lowest BCUT2D eigenvalue weighted by Crippen LogP contribution is -2.55. The molecule has 0 aliphatic heterocycles. The quantitative estimate of drug-likeness (QED) is 0.706. The maximum Gasteiger partial charge on any atom is 0.311 e. The molecular formula is C14H26N2O3. The third kappa shape index (κ3) is 3.93. The van der Waals surface area contributed by atoms with E-state index in [1.165, 1.54) is 0 Å². The van der Waals surface area contributed by atoms with Gasteiger partial charge >= 0.3 is 5.97 Å². The summed E-state index contributed by atoms with van der Waals surface area (Å²) in [5.74, 6) is -0.721. The van der Waals surface area contributed by atoms with Gasteiger partial charge in [-0.3, -0.25) is 9.59 Å². The van der Waals surface area contributed by atoms with E-state index in [2.05, 4.69) is 5.32 Å². The maximum absolute atomic E-state index is 12.0. The van der Waals surface area contributed by atoms with Crippen molar-refractivity contribution in [2.45, 2.75) is 65.0 Å². The third-order valence-electron chi connectivity index (χ3n) is 4.08. The minimum atomic E-state index is -0.870. The minimum Gasteiger partial charge on any atom is -0.481 e. The summed E-state index contributed by atoms with van der Waals surface area (Å²) in [6.45, 7) is 5.73. The summed E-state index contributed by atoms with van der Waals surface area (Å²) in [6, 6.07) is -0.871. The second-order valence-corrected chi connectivity index (χ2v) is 6.27. The number of aliphatic carboxylic acids is 1. The zero-order valence-corrected chi connectivity index (χ0v) is 12.1. The number of carbonyl (C=O) groups is 2. The summed E-state index contributed by atoms with van der Waals surface area (Å²) in [5.41, 5.74) is 4.97. The van der Waals surface area contributed by atoms with Crippen molar-refractivity contribution in [1.29, 1.82) is 0 Å². The van der Waals surface area contributed by atoms with Crippen LogP contribution in [0.5, 0.6) is 0 Å². The summed E-state index contributed by atoms with van der Waals surface area (Å²) in [5, 5.41) is 12.2. The SMILES string of the molecule is CC(C)CC(N)C(=O)NC1CCCCC1(C)C(=O)O. The summed E-state index contributed by atoms with van der Waals surface area (Å²) < 4.78 is 0. The molecule has 5 heteroatoms. The summed E-state index contributed by atoms with van der Waals surface area (Å²) >= 11 is 0. The molecule has 110 valence electrons. The summed E-state index contributed by atoms with van der Waals surface area (Å²) in [6.07, 6.45) is 3.78. The van der Waals surface area contributed by atoms with E-state index in [4.69, 9.17) is 5.73 Å². The molecule has 1 saturated carbocycles. The molecule has 0 saturated heterocycles. The Hall–Kier alpha value is -1.10. The van der Waals surface area contributed by atoms with Crippen molar-refractivity contribution in [3.8, 4) is 0 Å². The highest BCUT2D eigenvalue weighted by Crippen LogP contribution is 2.36. The van der Waals surface area contributed by atoms with Gasteiger partial charge in [-0.15, -0.1) is 0 Å². The first-order chi connectivity index (χ1) is 8.77. The van der Waals surface area contributed by atoms with Crippen molar-refractivity contribution in [3.63, 3.8) is 0 Å². The average molecular weight is 270 g/mol. The molecule has 1 rings (SSSR count). The lowest BCUT2D eigenvalue weighted by Gasteiger charge is -2.38. The lowest BCUT2D eigenvalue weighted by molar-refractivity contribution is -0.152. The van der Waals surface area contributed by atoms with Gasteiger partial charge in [-0.25, -0.2) is 0 Å². The number of hydrogen-bond acceptors (Lipinski definition) is 3. The molecule has 5 nitrogen and oxygen atoms in total. The number of carbonyl (C=O) groups excluding carboxylic acids is 1. The number of nitrogens with one attached hydrogen (secondary N) is 1. The van der Waals surface area contributed by atoms with Crippen molar-refractivity contribution in [1.82, 2.24) is 5.32 Å². The number of nitrogens with two attached hydrogens (primary N) is 1. The molecule has 3 atom stereocenters. The molecule has 0 radical (unpaired) electrons. The second-order valence-electron chi connectivity index (χ2n) is 6.27. The standard InChI is InChI=1S/C14H26N2O3/c1-9(2)8-10(15)12(17)16-11-6-4-5-7-14(11,3)13(18)19/h9-11H,4-8,15H2,1-3H3,(H,16,17)(H,18,19). The Morgan fingerprint density at radius 1 is 1.42 bits per heavy atom. The van der Waals surface area contributed by atoms with E-state index in [0.29, 0.717) is 25.2 Å². The van der Waals surface area contributed by atoms with Crippen LogP contribution in [0.1, 0.15) is 52.9 Å². The largest absolute Gasteiger partial charge is 0.481 e. The van der Waals surface area contributed by atoms with E-state index < -0.39 is 17.4 Å². The van der Waals surface area contributed by atoms with Gasteiger partial charge in [0.25, 0.3) is 0 Å². The first-order valence-electron chi connectivity index (χ1n) is 7.06. The van der Waals surface area contributed by atoms with Crippen LogP contribution in [0.15, 0.2) is 0 Å². The van der Waals surface area contributed by atoms with Crippen LogP contribution in [0, 0.1) is 11.3 Å². The smallest absolute Gasteiger partial charge is 0.311 e. The van der Waals surface area contributed by atoms with E-state index in [0.717, 1.165) is 12.8 Å². The van der Waals surface area contributed by atoms with Gasteiger partial charge in [0.2, 0.25) is 5.91 Å². The number of amides is 1. The van der Waals surface area contributed by atoms with Crippen molar-refractivity contribution in [3.05, 3.63) is 0 Å². The Labute approximate surface area is 114 Å². The van der Waals surface area contributed by atoms with Gasteiger partial charge in [-0.05, 0) is 32.1 Å². The van der Waals surface area contributed by atoms with E-state index in [9.17, 15) is 14.7 Å². The van der Waals surface area contributed by atoms with E-state index >= 15 is 0 Å². The van der Waals surface area contributed by atoms with Gasteiger partial charge < -0.3 is 16.2 Å². The first-order valence-corrected chi connectivity index (χ1v) is 7.06. The van der Waals surface area contributed by atoms with Gasteiger partial charge in [0.15, 0.2) is 0 Å². The van der Waals surface area contributed by atoms with Gasteiger partial charge in [-0.1, -0.05) is 26.7 Å². The van der Waals surface area contributed by atoms with E-state index in [1.807, 2.05) is 13.8 Å². The molecule has 3 unspecified atom stereocenters. The topological polar surface area (TPSA) is 92.4 Å². The predicted molar refractivity (Wildman–Crippen MR) is 73.6 cm³/mol. The molecule has 1 aliphatic carbocycles. The summed E-state index contributed by atoms with van der Waals surface area (Å²) in [4.78, 5) is 23.5. The normalized spacial score (nSPS) is 29.0. The Morgan fingerprint density at radius 3 is 2.58 bits per heavy atom. The molecule has 1 fully saturated rings. The van der Waals surface area contributed by atoms with Crippen LogP contribution in [0.25, 0.3) is 0 Å².